The molecule has 2 rings (SSSR count). The van der Waals surface area contributed by atoms with Crippen molar-refractivity contribution in [3.63, 3.8) is 0 Å². The van der Waals surface area contributed by atoms with Crippen LogP contribution in [0.1, 0.15) is 37.7 Å². The molecule has 5 heteroatoms. The van der Waals surface area contributed by atoms with E-state index in [-0.39, 0.29) is 11.8 Å². The smallest absolute Gasteiger partial charge is 0.226 e. The molecule has 0 atom stereocenters. The van der Waals surface area contributed by atoms with Crippen molar-refractivity contribution in [2.24, 2.45) is 5.73 Å². The van der Waals surface area contributed by atoms with E-state index in [0.717, 1.165) is 30.6 Å². The summed E-state index contributed by atoms with van der Waals surface area (Å²) in [5, 5.41) is 2.87. The highest BCUT2D eigenvalue weighted by molar-refractivity contribution is 5.93. The van der Waals surface area contributed by atoms with E-state index in [0.29, 0.717) is 32.4 Å². The molecule has 1 aromatic carbocycles. The highest BCUT2D eigenvalue weighted by Crippen LogP contribution is 2.21. The Morgan fingerprint density at radius 1 is 1.24 bits per heavy atom. The van der Waals surface area contributed by atoms with Gasteiger partial charge in [0.05, 0.1) is 0 Å². The molecule has 0 aromatic heterocycles. The van der Waals surface area contributed by atoms with Crippen molar-refractivity contribution in [1.29, 1.82) is 0 Å². The lowest BCUT2D eigenvalue weighted by Gasteiger charge is -2.26. The van der Waals surface area contributed by atoms with Gasteiger partial charge in [0, 0.05) is 31.6 Å². The Labute approximate surface area is 125 Å². The molecule has 1 aliphatic heterocycles. The van der Waals surface area contributed by atoms with Gasteiger partial charge < -0.3 is 16.0 Å². The molecule has 21 heavy (non-hydrogen) atoms. The second-order valence-corrected chi connectivity index (χ2v) is 5.34. The Hall–Kier alpha value is -1.88. The maximum atomic E-state index is 11.9. The Morgan fingerprint density at radius 2 is 2.00 bits per heavy atom. The van der Waals surface area contributed by atoms with E-state index in [1.54, 1.807) is 0 Å². The first-order valence-corrected chi connectivity index (χ1v) is 7.57. The molecule has 114 valence electrons. The first-order valence-electron chi connectivity index (χ1n) is 7.57. The summed E-state index contributed by atoms with van der Waals surface area (Å²) in [6.07, 6.45) is 3.87. The lowest BCUT2D eigenvalue weighted by Crippen LogP contribution is -2.35. The van der Waals surface area contributed by atoms with E-state index in [4.69, 9.17) is 5.73 Å². The maximum absolute atomic E-state index is 11.9. The number of carbonyl (C=O) groups is 2. The lowest BCUT2D eigenvalue weighted by atomic mass is 10.1. The van der Waals surface area contributed by atoms with Crippen molar-refractivity contribution < 1.29 is 9.59 Å². The minimum Gasteiger partial charge on any atom is -0.352 e. The third-order valence-corrected chi connectivity index (χ3v) is 3.67. The van der Waals surface area contributed by atoms with Gasteiger partial charge in [-0.1, -0.05) is 12.1 Å². The predicted octanol–water partition coefficient (Wildman–Crippen LogP) is 1.56. The molecule has 1 heterocycles. The normalized spacial score (nSPS) is 15.1. The van der Waals surface area contributed by atoms with Crippen LogP contribution in [-0.2, 0) is 16.1 Å². The average molecular weight is 289 g/mol. The third-order valence-electron chi connectivity index (χ3n) is 3.67. The Kier molecular flexibility index (Phi) is 5.75. The number of nitrogens with two attached hydrogens (primary N) is 1. The van der Waals surface area contributed by atoms with E-state index in [2.05, 4.69) is 5.32 Å². The van der Waals surface area contributed by atoms with Gasteiger partial charge in [-0.15, -0.1) is 0 Å². The van der Waals surface area contributed by atoms with E-state index in [1.807, 2.05) is 29.2 Å². The highest BCUT2D eigenvalue weighted by Gasteiger charge is 2.19. The van der Waals surface area contributed by atoms with E-state index >= 15 is 0 Å². The summed E-state index contributed by atoms with van der Waals surface area (Å²) < 4.78 is 0. The number of nitrogens with zero attached hydrogens (tertiary/aromatic N) is 1. The molecular weight excluding hydrogens is 266 g/mol. The van der Waals surface area contributed by atoms with Gasteiger partial charge in [0.2, 0.25) is 11.8 Å². The van der Waals surface area contributed by atoms with Crippen LogP contribution in [0.25, 0.3) is 0 Å². The Balaban J connectivity index is 1.87. The van der Waals surface area contributed by atoms with Crippen LogP contribution < -0.4 is 16.0 Å². The summed E-state index contributed by atoms with van der Waals surface area (Å²) in [4.78, 5) is 25.2. The maximum Gasteiger partial charge on any atom is 0.226 e. The molecule has 0 unspecified atom stereocenters. The number of hydrogen-bond donors (Lipinski definition) is 2. The van der Waals surface area contributed by atoms with Crippen LogP contribution in [0.4, 0.5) is 5.69 Å². The molecule has 1 fully saturated rings. The fraction of sp³-hybridized carbons (Fsp3) is 0.500. The molecule has 0 radical (unpaired) electrons. The van der Waals surface area contributed by atoms with E-state index in [9.17, 15) is 9.59 Å². The number of piperidine rings is 1. The zero-order valence-electron chi connectivity index (χ0n) is 12.3. The van der Waals surface area contributed by atoms with Gasteiger partial charge in [-0.2, -0.15) is 0 Å². The zero-order valence-corrected chi connectivity index (χ0v) is 12.3. The number of nitrogens with one attached hydrogen (secondary N) is 1. The molecule has 1 aliphatic rings. The highest BCUT2D eigenvalue weighted by atomic mass is 16.2. The van der Waals surface area contributed by atoms with Crippen LogP contribution in [0.3, 0.4) is 0 Å². The summed E-state index contributed by atoms with van der Waals surface area (Å²) >= 11 is 0. The van der Waals surface area contributed by atoms with Gasteiger partial charge in [-0.3, -0.25) is 9.59 Å². The Morgan fingerprint density at radius 3 is 2.67 bits per heavy atom. The fourth-order valence-corrected chi connectivity index (χ4v) is 2.42. The summed E-state index contributed by atoms with van der Waals surface area (Å²) in [7, 11) is 0. The minimum atomic E-state index is 0.0238. The first-order chi connectivity index (χ1) is 10.2. The summed E-state index contributed by atoms with van der Waals surface area (Å²) in [5.41, 5.74) is 7.34. The van der Waals surface area contributed by atoms with Gasteiger partial charge >= 0.3 is 0 Å². The van der Waals surface area contributed by atoms with Crippen molar-refractivity contribution in [3.05, 3.63) is 29.8 Å². The first kappa shape index (κ1) is 15.5. The van der Waals surface area contributed by atoms with Crippen LogP contribution in [-0.4, -0.2) is 24.9 Å². The van der Waals surface area contributed by atoms with Crippen LogP contribution in [0.15, 0.2) is 24.3 Å². The van der Waals surface area contributed by atoms with Crippen LogP contribution >= 0.6 is 0 Å². The topological polar surface area (TPSA) is 75.4 Å². The molecule has 1 aromatic rings. The molecule has 5 nitrogen and oxygen atoms in total. The van der Waals surface area contributed by atoms with Crippen molar-refractivity contribution in [3.8, 4) is 0 Å². The Bertz CT molecular complexity index is 485. The van der Waals surface area contributed by atoms with Crippen LogP contribution in [0.5, 0.6) is 0 Å². The predicted molar refractivity (Wildman–Crippen MR) is 82.8 cm³/mol. The monoisotopic (exact) mass is 289 g/mol. The number of rotatable bonds is 6. The van der Waals surface area contributed by atoms with Gasteiger partial charge in [0.1, 0.15) is 0 Å². The van der Waals surface area contributed by atoms with Gasteiger partial charge in [0.25, 0.3) is 0 Å². The number of anilines is 1. The molecule has 0 bridgehead atoms. The van der Waals surface area contributed by atoms with Crippen LogP contribution in [0.2, 0.25) is 0 Å². The van der Waals surface area contributed by atoms with Crippen LogP contribution in [0, 0.1) is 0 Å². The molecule has 3 N–H and O–H groups in total. The number of carbonyl (C=O) groups excluding carboxylic acids is 2. The van der Waals surface area contributed by atoms with E-state index < -0.39 is 0 Å². The molecule has 2 amide bonds. The summed E-state index contributed by atoms with van der Waals surface area (Å²) in [6, 6.07) is 7.82. The molecular formula is C16H23N3O2. The third kappa shape index (κ3) is 4.56. The second kappa shape index (κ2) is 7.78. The molecule has 0 aliphatic carbocycles. The SMILES string of the molecule is NCCCC(=O)NCc1ccc(N2CCCCC2=O)cc1. The van der Waals surface area contributed by atoms with E-state index in [1.165, 1.54) is 0 Å². The average Bonchev–Trinajstić information content (AvgIpc) is 2.52. The van der Waals surface area contributed by atoms with Gasteiger partial charge in [0.15, 0.2) is 0 Å². The largest absolute Gasteiger partial charge is 0.352 e. The van der Waals surface area contributed by atoms with Gasteiger partial charge in [-0.25, -0.2) is 0 Å². The molecule has 0 spiro atoms. The lowest BCUT2D eigenvalue weighted by molar-refractivity contribution is -0.121. The van der Waals surface area contributed by atoms with Gasteiger partial charge in [-0.05, 0) is 43.5 Å². The van der Waals surface area contributed by atoms with Crippen molar-refractivity contribution >= 4 is 17.5 Å². The number of amides is 2. The van der Waals surface area contributed by atoms with Crippen molar-refractivity contribution in [2.75, 3.05) is 18.0 Å². The van der Waals surface area contributed by atoms with Crippen molar-refractivity contribution in [2.45, 2.75) is 38.6 Å². The quantitative estimate of drug-likeness (QED) is 0.834. The second-order valence-electron chi connectivity index (χ2n) is 5.34. The minimum absolute atomic E-state index is 0.0238. The fourth-order valence-electron chi connectivity index (χ4n) is 2.42. The molecule has 0 saturated carbocycles. The summed E-state index contributed by atoms with van der Waals surface area (Å²) in [5.74, 6) is 0.222. The standard InChI is InChI=1S/C16H23N3O2/c17-10-3-4-15(20)18-12-13-6-8-14(9-7-13)19-11-2-1-5-16(19)21/h6-9H,1-5,10-12,17H2,(H,18,20). The van der Waals surface area contributed by atoms with Crippen molar-refractivity contribution in [1.82, 2.24) is 5.32 Å². The summed E-state index contributed by atoms with van der Waals surface area (Å²) in [6.45, 7) is 1.84. The number of hydrogen-bond acceptors (Lipinski definition) is 3. The molecule has 1 saturated heterocycles. The zero-order chi connectivity index (χ0) is 15.1. The number of benzene rings is 1.